The van der Waals surface area contributed by atoms with Crippen LogP contribution in [0, 0.1) is 0 Å². The summed E-state index contributed by atoms with van der Waals surface area (Å²) in [5.41, 5.74) is 17.2. The molecule has 10 aromatic rings. The Bertz CT molecular complexity index is 2880. The Morgan fingerprint density at radius 2 is 1.08 bits per heavy atom. The van der Waals surface area contributed by atoms with Crippen LogP contribution in [0.3, 0.4) is 0 Å². The SMILES string of the molecule is NC(NC(NCc1cccc2c1oc1c(-c3cccc4oc5ccccc5c34)cccc12)c1ccccc1)c1cccc2c1oc1ccccc12. The number of para-hydroxylation sites is 5. The van der Waals surface area contributed by atoms with E-state index in [4.69, 9.17) is 19.0 Å². The number of furan rings is 3. The van der Waals surface area contributed by atoms with Crippen LogP contribution in [0.25, 0.3) is 76.9 Å². The summed E-state index contributed by atoms with van der Waals surface area (Å²) in [4.78, 5) is 0. The molecule has 3 aromatic heterocycles. The second-order valence-corrected chi connectivity index (χ2v) is 13.0. The summed E-state index contributed by atoms with van der Waals surface area (Å²) in [7, 11) is 0. The van der Waals surface area contributed by atoms with Crippen LogP contribution in [-0.2, 0) is 6.54 Å². The average Bonchev–Trinajstić information content (AvgIpc) is 3.88. The maximum Gasteiger partial charge on any atom is 0.143 e. The predicted molar refractivity (Wildman–Crippen MR) is 206 cm³/mol. The van der Waals surface area contributed by atoms with E-state index in [1.54, 1.807) is 0 Å². The number of benzene rings is 7. The first-order chi connectivity index (χ1) is 25.2. The third-order valence-electron chi connectivity index (χ3n) is 10.0. The molecule has 0 aliphatic rings. The van der Waals surface area contributed by atoms with Crippen molar-refractivity contribution in [3.8, 4) is 11.1 Å². The van der Waals surface area contributed by atoms with Gasteiger partial charge in [-0.2, -0.15) is 0 Å². The van der Waals surface area contributed by atoms with Crippen molar-refractivity contribution in [2.45, 2.75) is 18.9 Å². The summed E-state index contributed by atoms with van der Waals surface area (Å²) >= 11 is 0. The van der Waals surface area contributed by atoms with Gasteiger partial charge in [-0.1, -0.05) is 133 Å². The number of hydrogen-bond acceptors (Lipinski definition) is 6. The van der Waals surface area contributed by atoms with Crippen LogP contribution < -0.4 is 16.4 Å². The Labute approximate surface area is 293 Å². The zero-order valence-electron chi connectivity index (χ0n) is 27.6. The Morgan fingerprint density at radius 1 is 0.471 bits per heavy atom. The van der Waals surface area contributed by atoms with E-state index in [-0.39, 0.29) is 6.17 Å². The van der Waals surface area contributed by atoms with Gasteiger partial charge in [-0.05, 0) is 29.3 Å². The molecule has 0 saturated heterocycles. The summed E-state index contributed by atoms with van der Waals surface area (Å²) in [5, 5.41) is 13.9. The minimum Gasteiger partial charge on any atom is -0.456 e. The average molecular weight is 664 g/mol. The maximum absolute atomic E-state index is 6.93. The molecule has 10 rings (SSSR count). The monoisotopic (exact) mass is 663 g/mol. The van der Waals surface area contributed by atoms with Crippen LogP contribution in [0.2, 0.25) is 0 Å². The van der Waals surface area contributed by atoms with Gasteiger partial charge in [0.05, 0.1) is 12.3 Å². The molecule has 2 atom stereocenters. The highest BCUT2D eigenvalue weighted by atomic mass is 16.3. The number of hydrogen-bond donors (Lipinski definition) is 3. The molecule has 6 nitrogen and oxygen atoms in total. The first-order valence-corrected chi connectivity index (χ1v) is 17.3. The fraction of sp³-hybridized carbons (Fsp3) is 0.0667. The molecule has 4 N–H and O–H groups in total. The van der Waals surface area contributed by atoms with Crippen molar-refractivity contribution in [2.24, 2.45) is 5.73 Å². The summed E-state index contributed by atoms with van der Waals surface area (Å²) in [6, 6.07) is 51.8. The fourth-order valence-electron chi connectivity index (χ4n) is 7.64. The lowest BCUT2D eigenvalue weighted by Gasteiger charge is -2.25. The van der Waals surface area contributed by atoms with Crippen molar-refractivity contribution in [1.82, 2.24) is 10.6 Å². The lowest BCUT2D eigenvalue weighted by Crippen LogP contribution is -2.39. The van der Waals surface area contributed by atoms with Crippen molar-refractivity contribution in [1.29, 1.82) is 0 Å². The van der Waals surface area contributed by atoms with Gasteiger partial charge in [0.15, 0.2) is 0 Å². The molecule has 6 heteroatoms. The first kappa shape index (κ1) is 29.7. The van der Waals surface area contributed by atoms with E-state index in [9.17, 15) is 0 Å². The molecule has 0 bridgehead atoms. The van der Waals surface area contributed by atoms with Crippen LogP contribution in [0.15, 0.2) is 165 Å². The molecule has 0 aliphatic heterocycles. The van der Waals surface area contributed by atoms with Crippen molar-refractivity contribution < 1.29 is 13.3 Å². The second kappa shape index (κ2) is 12.0. The summed E-state index contributed by atoms with van der Waals surface area (Å²) < 4.78 is 19.4. The molecule has 0 saturated carbocycles. The lowest BCUT2D eigenvalue weighted by atomic mass is 9.97. The Kier molecular flexibility index (Phi) is 6.99. The molecule has 2 unspecified atom stereocenters. The number of nitrogens with two attached hydrogens (primary N) is 1. The zero-order chi connectivity index (χ0) is 33.9. The van der Waals surface area contributed by atoms with Crippen molar-refractivity contribution in [3.05, 3.63) is 168 Å². The Hall–Kier alpha value is -6.18. The second-order valence-electron chi connectivity index (χ2n) is 13.0. The molecule has 0 radical (unpaired) electrons. The third-order valence-corrected chi connectivity index (χ3v) is 10.0. The van der Waals surface area contributed by atoms with Gasteiger partial charge in [-0.3, -0.25) is 10.6 Å². The van der Waals surface area contributed by atoms with Crippen LogP contribution in [0.4, 0.5) is 0 Å². The van der Waals surface area contributed by atoms with Crippen LogP contribution >= 0.6 is 0 Å². The molecule has 0 spiro atoms. The molecule has 0 fully saturated rings. The normalized spacial score (nSPS) is 13.3. The quantitative estimate of drug-likeness (QED) is 0.140. The van der Waals surface area contributed by atoms with Gasteiger partial charge in [-0.15, -0.1) is 0 Å². The van der Waals surface area contributed by atoms with Crippen LogP contribution in [0.1, 0.15) is 29.0 Å². The van der Waals surface area contributed by atoms with Gasteiger partial charge in [0.25, 0.3) is 0 Å². The van der Waals surface area contributed by atoms with E-state index in [1.807, 2.05) is 72.8 Å². The molecule has 0 amide bonds. The zero-order valence-corrected chi connectivity index (χ0v) is 27.6. The van der Waals surface area contributed by atoms with Gasteiger partial charge < -0.3 is 19.0 Å². The highest BCUT2D eigenvalue weighted by molar-refractivity contribution is 6.17. The summed E-state index contributed by atoms with van der Waals surface area (Å²) in [6.45, 7) is 0.544. The molecular formula is C45H33N3O3. The van der Waals surface area contributed by atoms with E-state index >= 15 is 0 Å². The van der Waals surface area contributed by atoms with Gasteiger partial charge in [0, 0.05) is 55.6 Å². The van der Waals surface area contributed by atoms with Crippen LogP contribution in [0.5, 0.6) is 0 Å². The molecule has 3 heterocycles. The highest BCUT2D eigenvalue weighted by Gasteiger charge is 2.22. The summed E-state index contributed by atoms with van der Waals surface area (Å²) in [5.74, 6) is 0. The molecule has 246 valence electrons. The van der Waals surface area contributed by atoms with E-state index < -0.39 is 6.17 Å². The number of nitrogens with one attached hydrogen (secondary N) is 2. The predicted octanol–water partition coefficient (Wildman–Crippen LogP) is 11.1. The standard InChI is InChI=1S/C45H33N3O3/c46-44(36-22-10-19-31-29-15-4-6-23-37(29)50-43(31)36)48-45(27-12-2-1-3-13-27)47-26-28-14-8-18-33-34-21-9-20-32(42(34)51-41(28)33)30-17-11-25-39-40(30)35-16-5-7-24-38(35)49-39/h1-25,44-45,47-48H,26,46H2. The molecule has 7 aromatic carbocycles. The highest BCUT2D eigenvalue weighted by Crippen LogP contribution is 2.42. The van der Waals surface area contributed by atoms with E-state index in [0.717, 1.165) is 93.6 Å². The minimum absolute atomic E-state index is 0.261. The minimum atomic E-state index is -0.502. The number of fused-ring (bicyclic) bond motifs is 9. The third kappa shape index (κ3) is 4.92. The maximum atomic E-state index is 6.93. The lowest BCUT2D eigenvalue weighted by molar-refractivity contribution is 0.385. The van der Waals surface area contributed by atoms with E-state index in [0.29, 0.717) is 6.54 Å². The first-order valence-electron chi connectivity index (χ1n) is 17.3. The Morgan fingerprint density at radius 3 is 1.92 bits per heavy atom. The smallest absolute Gasteiger partial charge is 0.143 e. The van der Waals surface area contributed by atoms with Crippen molar-refractivity contribution in [2.75, 3.05) is 0 Å². The van der Waals surface area contributed by atoms with Gasteiger partial charge in [0.2, 0.25) is 0 Å². The van der Waals surface area contributed by atoms with Gasteiger partial charge >= 0.3 is 0 Å². The topological polar surface area (TPSA) is 89.5 Å². The largest absolute Gasteiger partial charge is 0.456 e. The fourth-order valence-corrected chi connectivity index (χ4v) is 7.64. The molecule has 51 heavy (non-hydrogen) atoms. The van der Waals surface area contributed by atoms with Crippen molar-refractivity contribution in [3.63, 3.8) is 0 Å². The Balaban J connectivity index is 1.02. The van der Waals surface area contributed by atoms with E-state index in [1.165, 1.54) is 0 Å². The van der Waals surface area contributed by atoms with Crippen molar-refractivity contribution >= 4 is 65.8 Å². The van der Waals surface area contributed by atoms with Gasteiger partial charge in [0.1, 0.15) is 33.5 Å². The van der Waals surface area contributed by atoms with Crippen LogP contribution in [-0.4, -0.2) is 0 Å². The van der Waals surface area contributed by atoms with E-state index in [2.05, 4.69) is 89.5 Å². The molecule has 0 aliphatic carbocycles. The van der Waals surface area contributed by atoms with Gasteiger partial charge in [-0.25, -0.2) is 0 Å². The number of rotatable bonds is 8. The summed E-state index contributed by atoms with van der Waals surface area (Å²) in [6.07, 6.45) is -0.763. The molecular weight excluding hydrogens is 631 g/mol.